The van der Waals surface area contributed by atoms with Crippen molar-refractivity contribution >= 4 is 27.5 Å². The Labute approximate surface area is 301 Å². The molecule has 5 fully saturated rings. The highest BCUT2D eigenvalue weighted by molar-refractivity contribution is 6.04. The van der Waals surface area contributed by atoms with E-state index in [2.05, 4.69) is 20.2 Å². The lowest BCUT2D eigenvalue weighted by Crippen LogP contribution is -2.51. The fourth-order valence-electron chi connectivity index (χ4n) is 9.28. The van der Waals surface area contributed by atoms with Crippen LogP contribution < -0.4 is 15.0 Å². The van der Waals surface area contributed by atoms with Crippen molar-refractivity contribution in [2.24, 2.45) is 10.8 Å². The predicted molar refractivity (Wildman–Crippen MR) is 185 cm³/mol. The normalized spacial score (nSPS) is 24.3. The number of phenolic OH excluding ortho intramolecular Hbond substituents is 1. The molecule has 2 atom stereocenters. The average Bonchev–Trinajstić information content (AvgIpc) is 3.95. The maximum Gasteiger partial charge on any atom is 0.417 e. The second-order valence-electron chi connectivity index (χ2n) is 16.1. The van der Waals surface area contributed by atoms with E-state index < -0.39 is 46.0 Å². The second kappa shape index (κ2) is 12.0. The number of aromatic hydroxyl groups is 1. The Balaban J connectivity index is 1.14. The molecule has 2 bridgehead atoms. The first-order chi connectivity index (χ1) is 25.2. The molecule has 2 saturated carbocycles. The summed E-state index contributed by atoms with van der Waals surface area (Å²) < 4.78 is 112. The molecular weight excluding hydrogens is 703 g/mol. The van der Waals surface area contributed by atoms with Crippen molar-refractivity contribution in [2.75, 3.05) is 44.2 Å². The first-order valence-corrected chi connectivity index (χ1v) is 18.5. The smallest absolute Gasteiger partial charge is 0.417 e. The first-order valence-electron chi connectivity index (χ1n) is 18.5. The molecule has 2 N–H and O–H groups in total. The quantitative estimate of drug-likeness (QED) is 0.176. The molecule has 3 saturated heterocycles. The number of fused-ring (bicyclic) bond motifs is 4. The highest BCUT2D eigenvalue weighted by Crippen LogP contribution is 2.66. The number of aromatic nitrogens is 2. The zero-order chi connectivity index (χ0) is 37.1. The van der Waals surface area contributed by atoms with Gasteiger partial charge in [0.25, 0.3) is 5.92 Å². The summed E-state index contributed by atoms with van der Waals surface area (Å²) in [4.78, 5) is 13.1. The molecule has 1 aromatic heterocycles. The van der Waals surface area contributed by atoms with Gasteiger partial charge in [-0.3, -0.25) is 0 Å². The van der Waals surface area contributed by atoms with E-state index in [0.29, 0.717) is 45.6 Å². The molecule has 2 aliphatic carbocycles. The van der Waals surface area contributed by atoms with Crippen LogP contribution in [0.25, 0.3) is 32.8 Å². The van der Waals surface area contributed by atoms with Gasteiger partial charge < -0.3 is 25.0 Å². The van der Waals surface area contributed by atoms with Crippen LogP contribution in [0.1, 0.15) is 63.0 Å². The van der Waals surface area contributed by atoms with Crippen molar-refractivity contribution < 1.29 is 40.6 Å². The summed E-state index contributed by atoms with van der Waals surface area (Å²) in [5.74, 6) is -4.77. The standard InChI is InChI=1S/C39H40F7N5O2/c1-2-25-29(40)6-3-21-13-24(52)14-26(30(21)25)31-28(39(44,45)46)15-27-33(32(31)41)48-35(49-34(27)51-16-22-4-5-23(17-51)47-22)53-20-36(7-8-36)19-50-11-9-37(10-12-50)18-38(37,42)43/h3,6,13-15,22-23,47,52H,2,4-5,7-12,16-20H2,1H3. The Morgan fingerprint density at radius 2 is 1.68 bits per heavy atom. The number of aryl methyl sites for hydroxylation is 1. The molecule has 3 aliphatic heterocycles. The lowest BCUT2D eigenvalue weighted by atomic mass is 9.89. The van der Waals surface area contributed by atoms with Crippen molar-refractivity contribution in [1.29, 1.82) is 0 Å². The predicted octanol–water partition coefficient (Wildman–Crippen LogP) is 8.24. The van der Waals surface area contributed by atoms with Crippen LogP contribution in [0.4, 0.5) is 36.6 Å². The van der Waals surface area contributed by atoms with Gasteiger partial charge in [-0.2, -0.15) is 23.1 Å². The van der Waals surface area contributed by atoms with Gasteiger partial charge in [-0.25, -0.2) is 17.6 Å². The minimum absolute atomic E-state index is 0.0423. The number of hydrogen-bond acceptors (Lipinski definition) is 7. The topological polar surface area (TPSA) is 73.8 Å². The second-order valence-corrected chi connectivity index (χ2v) is 16.1. The van der Waals surface area contributed by atoms with E-state index in [-0.39, 0.29) is 81.6 Å². The van der Waals surface area contributed by atoms with Crippen LogP contribution in [-0.2, 0) is 12.6 Å². The first kappa shape index (κ1) is 34.8. The van der Waals surface area contributed by atoms with Gasteiger partial charge in [0.2, 0.25) is 0 Å². The summed E-state index contributed by atoms with van der Waals surface area (Å²) in [5, 5.41) is 14.4. The van der Waals surface area contributed by atoms with Crippen molar-refractivity contribution in [3.8, 4) is 22.9 Å². The van der Waals surface area contributed by atoms with Crippen LogP contribution >= 0.6 is 0 Å². The number of anilines is 1. The minimum atomic E-state index is -5.04. The number of piperazine rings is 1. The van der Waals surface area contributed by atoms with E-state index in [9.17, 15) is 13.9 Å². The number of hydrogen-bond donors (Lipinski definition) is 2. The Hall–Kier alpha value is -3.91. The van der Waals surface area contributed by atoms with Gasteiger partial charge in [-0.15, -0.1) is 0 Å². The molecule has 7 nitrogen and oxygen atoms in total. The number of nitrogens with zero attached hydrogens (tertiary/aromatic N) is 4. The third-order valence-electron chi connectivity index (χ3n) is 12.5. The van der Waals surface area contributed by atoms with Crippen LogP contribution in [0.3, 0.4) is 0 Å². The Kier molecular flexibility index (Phi) is 7.92. The highest BCUT2D eigenvalue weighted by atomic mass is 19.4. The van der Waals surface area contributed by atoms with E-state index in [1.807, 2.05) is 4.90 Å². The van der Waals surface area contributed by atoms with Crippen molar-refractivity contribution in [3.05, 3.63) is 53.1 Å². The summed E-state index contributed by atoms with van der Waals surface area (Å²) in [5.41, 5.74) is -3.84. The summed E-state index contributed by atoms with van der Waals surface area (Å²) >= 11 is 0. The molecule has 14 heteroatoms. The highest BCUT2D eigenvalue weighted by Gasteiger charge is 2.70. The SMILES string of the molecule is CCc1c(F)ccc2cc(O)cc(-c3c(C(F)(F)F)cc4c(N5CC6CCC(C5)N6)nc(OCC5(CN6CCC7(CC6)CC7(F)F)CC5)nc4c3F)c12. The van der Waals surface area contributed by atoms with Crippen molar-refractivity contribution in [1.82, 2.24) is 20.2 Å². The molecule has 53 heavy (non-hydrogen) atoms. The van der Waals surface area contributed by atoms with Gasteiger partial charge in [-0.1, -0.05) is 13.0 Å². The van der Waals surface area contributed by atoms with Crippen LogP contribution in [0.2, 0.25) is 0 Å². The van der Waals surface area contributed by atoms with E-state index in [1.54, 1.807) is 6.92 Å². The molecule has 5 aliphatic rings. The molecule has 2 unspecified atom stereocenters. The molecule has 0 amide bonds. The fourth-order valence-corrected chi connectivity index (χ4v) is 9.28. The number of rotatable bonds is 8. The van der Waals surface area contributed by atoms with Gasteiger partial charge in [0, 0.05) is 59.9 Å². The monoisotopic (exact) mass is 743 g/mol. The molecule has 4 aromatic rings. The van der Waals surface area contributed by atoms with Crippen LogP contribution in [0, 0.1) is 22.5 Å². The summed E-state index contributed by atoms with van der Waals surface area (Å²) in [6.07, 6.45) is -0.636. The van der Waals surface area contributed by atoms with E-state index in [0.717, 1.165) is 37.8 Å². The van der Waals surface area contributed by atoms with E-state index in [1.165, 1.54) is 18.2 Å². The summed E-state index contributed by atoms with van der Waals surface area (Å²) in [6.45, 7) is 4.51. The van der Waals surface area contributed by atoms with Gasteiger partial charge >= 0.3 is 12.2 Å². The number of phenols is 1. The maximum atomic E-state index is 17.2. The van der Waals surface area contributed by atoms with Gasteiger partial charge in [-0.05, 0) is 104 Å². The van der Waals surface area contributed by atoms with Gasteiger partial charge in [0.05, 0.1) is 12.2 Å². The van der Waals surface area contributed by atoms with Crippen LogP contribution in [0.15, 0.2) is 30.3 Å². The number of ether oxygens (including phenoxy) is 1. The number of benzene rings is 3. The Bertz CT molecular complexity index is 2120. The molecular formula is C39H40F7N5O2. The van der Waals surface area contributed by atoms with Crippen LogP contribution in [-0.4, -0.2) is 77.3 Å². The molecule has 9 rings (SSSR count). The molecule has 3 aromatic carbocycles. The number of piperidine rings is 1. The molecule has 4 heterocycles. The zero-order valence-corrected chi connectivity index (χ0v) is 29.2. The number of likely N-dealkylation sites (tertiary alicyclic amines) is 1. The number of alkyl halides is 5. The molecule has 282 valence electrons. The Morgan fingerprint density at radius 3 is 2.30 bits per heavy atom. The largest absolute Gasteiger partial charge is 0.508 e. The van der Waals surface area contributed by atoms with Crippen molar-refractivity contribution in [3.63, 3.8) is 0 Å². The van der Waals surface area contributed by atoms with E-state index >= 15 is 22.0 Å². The lowest BCUT2D eigenvalue weighted by molar-refractivity contribution is -0.137. The fraction of sp³-hybridized carbons (Fsp3) is 0.538. The van der Waals surface area contributed by atoms with Crippen LogP contribution in [0.5, 0.6) is 11.8 Å². The van der Waals surface area contributed by atoms with E-state index in [4.69, 9.17) is 4.74 Å². The minimum Gasteiger partial charge on any atom is -0.508 e. The third kappa shape index (κ3) is 5.94. The molecule has 0 radical (unpaired) electrons. The number of halogens is 7. The number of nitrogens with one attached hydrogen (secondary N) is 1. The van der Waals surface area contributed by atoms with Crippen molar-refractivity contribution in [2.45, 2.75) is 82.5 Å². The molecule has 1 spiro atoms. The van der Waals surface area contributed by atoms with Gasteiger partial charge in [0.1, 0.15) is 22.9 Å². The summed E-state index contributed by atoms with van der Waals surface area (Å²) in [7, 11) is 0. The zero-order valence-electron chi connectivity index (χ0n) is 29.2. The average molecular weight is 744 g/mol. The Morgan fingerprint density at radius 1 is 0.981 bits per heavy atom. The summed E-state index contributed by atoms with van der Waals surface area (Å²) in [6, 6.07) is 5.74. The maximum absolute atomic E-state index is 17.2. The lowest BCUT2D eigenvalue weighted by Gasteiger charge is -2.35. The van der Waals surface area contributed by atoms with Gasteiger partial charge in [0.15, 0.2) is 5.82 Å². The third-order valence-corrected chi connectivity index (χ3v) is 12.5.